The average molecular weight is 258 g/mol. The van der Waals surface area contributed by atoms with Crippen LogP contribution in [0.4, 0.5) is 0 Å². The number of carboxylic acids is 1. The van der Waals surface area contributed by atoms with Crippen LogP contribution >= 0.6 is 11.3 Å². The predicted molar refractivity (Wildman–Crippen MR) is 70.2 cm³/mol. The molecule has 0 fully saturated rings. The molecule has 0 aliphatic rings. The van der Waals surface area contributed by atoms with Gasteiger partial charge in [-0.3, -0.25) is 4.40 Å². The van der Waals surface area contributed by atoms with Gasteiger partial charge in [0.2, 0.25) is 0 Å². The van der Waals surface area contributed by atoms with Crippen molar-refractivity contribution >= 4 is 22.3 Å². The van der Waals surface area contributed by atoms with Gasteiger partial charge in [-0.1, -0.05) is 30.3 Å². The van der Waals surface area contributed by atoms with E-state index in [0.29, 0.717) is 10.7 Å². The Hall–Kier alpha value is -2.14. The number of carbonyl (C=O) groups is 1. The number of thiazole rings is 1. The maximum absolute atomic E-state index is 11.2. The van der Waals surface area contributed by atoms with Crippen LogP contribution in [0.5, 0.6) is 0 Å². The first-order valence-corrected chi connectivity index (χ1v) is 6.25. The highest BCUT2D eigenvalue weighted by Crippen LogP contribution is 2.26. The van der Waals surface area contributed by atoms with Gasteiger partial charge in [0.15, 0.2) is 4.96 Å². The lowest BCUT2D eigenvalue weighted by Gasteiger charge is -1.95. The lowest BCUT2D eigenvalue weighted by molar-refractivity contribution is 0.0689. The molecule has 3 rings (SSSR count). The summed E-state index contributed by atoms with van der Waals surface area (Å²) in [4.78, 5) is 17.1. The molecule has 0 amide bonds. The molecule has 0 bridgehead atoms. The first kappa shape index (κ1) is 11.0. The average Bonchev–Trinajstić information content (AvgIpc) is 2.85. The Bertz CT molecular complexity index is 728. The summed E-state index contributed by atoms with van der Waals surface area (Å²) in [7, 11) is 0. The number of aromatic carboxylic acids is 1. The SMILES string of the molecule is Cc1sc2nc(-c3ccccc3)cn2c1C(=O)O. The first-order valence-electron chi connectivity index (χ1n) is 5.44. The molecule has 2 heterocycles. The molecule has 0 saturated heterocycles. The summed E-state index contributed by atoms with van der Waals surface area (Å²) >= 11 is 1.39. The fourth-order valence-corrected chi connectivity index (χ4v) is 2.89. The van der Waals surface area contributed by atoms with E-state index in [9.17, 15) is 9.90 Å². The molecule has 90 valence electrons. The number of aromatic nitrogens is 2. The van der Waals surface area contributed by atoms with Gasteiger partial charge in [0.1, 0.15) is 5.69 Å². The number of aryl methyl sites for hydroxylation is 1. The molecule has 1 N–H and O–H groups in total. The third kappa shape index (κ3) is 1.60. The standard InChI is InChI=1S/C13H10N2O2S/c1-8-11(12(16)17)15-7-10(14-13(15)18-8)9-5-3-2-4-6-9/h2-7H,1H3,(H,16,17). The summed E-state index contributed by atoms with van der Waals surface area (Å²) in [6, 6.07) is 9.73. The van der Waals surface area contributed by atoms with Crippen LogP contribution in [-0.4, -0.2) is 20.5 Å². The summed E-state index contributed by atoms with van der Waals surface area (Å²) in [5.41, 5.74) is 2.08. The summed E-state index contributed by atoms with van der Waals surface area (Å²) in [6.45, 7) is 1.80. The zero-order valence-electron chi connectivity index (χ0n) is 9.62. The van der Waals surface area contributed by atoms with Gasteiger partial charge in [-0.2, -0.15) is 0 Å². The number of benzene rings is 1. The van der Waals surface area contributed by atoms with E-state index in [1.165, 1.54) is 11.3 Å². The van der Waals surface area contributed by atoms with Crippen molar-refractivity contribution in [3.05, 3.63) is 47.1 Å². The summed E-state index contributed by atoms with van der Waals surface area (Å²) in [5.74, 6) is -0.921. The Kier molecular flexibility index (Phi) is 2.41. The normalized spacial score (nSPS) is 10.9. The van der Waals surface area contributed by atoms with Crippen LogP contribution in [0.2, 0.25) is 0 Å². The summed E-state index contributed by atoms with van der Waals surface area (Å²) < 4.78 is 1.64. The number of fused-ring (bicyclic) bond motifs is 1. The van der Waals surface area contributed by atoms with Crippen molar-refractivity contribution in [2.75, 3.05) is 0 Å². The lowest BCUT2D eigenvalue weighted by Crippen LogP contribution is -2.01. The smallest absolute Gasteiger partial charge is 0.354 e. The molecule has 0 atom stereocenters. The van der Waals surface area contributed by atoms with Crippen molar-refractivity contribution in [3.63, 3.8) is 0 Å². The van der Waals surface area contributed by atoms with E-state index >= 15 is 0 Å². The number of hydrogen-bond donors (Lipinski definition) is 1. The number of imidazole rings is 1. The highest BCUT2D eigenvalue weighted by atomic mass is 32.1. The monoisotopic (exact) mass is 258 g/mol. The molecule has 5 heteroatoms. The quantitative estimate of drug-likeness (QED) is 0.768. The minimum atomic E-state index is -0.921. The zero-order chi connectivity index (χ0) is 12.7. The van der Waals surface area contributed by atoms with E-state index in [1.807, 2.05) is 30.3 Å². The Morgan fingerprint density at radius 3 is 2.72 bits per heavy atom. The molecular formula is C13H10N2O2S. The van der Waals surface area contributed by atoms with Crippen LogP contribution in [0.15, 0.2) is 36.5 Å². The van der Waals surface area contributed by atoms with Gasteiger partial charge in [-0.05, 0) is 6.92 Å². The van der Waals surface area contributed by atoms with Crippen molar-refractivity contribution in [3.8, 4) is 11.3 Å². The maximum Gasteiger partial charge on any atom is 0.354 e. The third-order valence-electron chi connectivity index (χ3n) is 2.76. The van der Waals surface area contributed by atoms with Gasteiger partial charge in [-0.15, -0.1) is 11.3 Å². The lowest BCUT2D eigenvalue weighted by atomic mass is 10.2. The molecular weight excluding hydrogens is 248 g/mol. The van der Waals surface area contributed by atoms with Crippen molar-refractivity contribution in [2.24, 2.45) is 0 Å². The number of carboxylic acid groups (broad SMARTS) is 1. The van der Waals surface area contributed by atoms with Crippen LogP contribution in [0, 0.1) is 6.92 Å². The van der Waals surface area contributed by atoms with Crippen LogP contribution < -0.4 is 0 Å². The number of nitrogens with zero attached hydrogens (tertiary/aromatic N) is 2. The first-order chi connectivity index (χ1) is 8.66. The predicted octanol–water partition coefficient (Wildman–Crippen LogP) is 3.07. The van der Waals surface area contributed by atoms with E-state index in [2.05, 4.69) is 4.98 Å². The number of hydrogen-bond acceptors (Lipinski definition) is 3. The van der Waals surface area contributed by atoms with Crippen LogP contribution in [-0.2, 0) is 0 Å². The van der Waals surface area contributed by atoms with Gasteiger partial charge in [-0.25, -0.2) is 9.78 Å². The summed E-state index contributed by atoms with van der Waals surface area (Å²) in [6.07, 6.45) is 1.78. The topological polar surface area (TPSA) is 54.6 Å². The third-order valence-corrected chi connectivity index (χ3v) is 3.73. The molecule has 0 radical (unpaired) electrons. The van der Waals surface area contributed by atoms with Gasteiger partial charge in [0, 0.05) is 16.6 Å². The van der Waals surface area contributed by atoms with E-state index in [1.54, 1.807) is 17.5 Å². The van der Waals surface area contributed by atoms with Crippen molar-refractivity contribution < 1.29 is 9.90 Å². The molecule has 2 aromatic heterocycles. The Balaban J connectivity index is 2.21. The fraction of sp³-hybridized carbons (Fsp3) is 0.0769. The van der Waals surface area contributed by atoms with Gasteiger partial charge < -0.3 is 5.11 Å². The fourth-order valence-electron chi connectivity index (χ4n) is 1.95. The molecule has 18 heavy (non-hydrogen) atoms. The van der Waals surface area contributed by atoms with E-state index in [-0.39, 0.29) is 0 Å². The largest absolute Gasteiger partial charge is 0.477 e. The van der Waals surface area contributed by atoms with Gasteiger partial charge in [0.25, 0.3) is 0 Å². The molecule has 0 spiro atoms. The minimum Gasteiger partial charge on any atom is -0.477 e. The Morgan fingerprint density at radius 1 is 1.33 bits per heavy atom. The van der Waals surface area contributed by atoms with E-state index in [4.69, 9.17) is 0 Å². The molecule has 4 nitrogen and oxygen atoms in total. The van der Waals surface area contributed by atoms with Crippen LogP contribution in [0.3, 0.4) is 0 Å². The van der Waals surface area contributed by atoms with E-state index in [0.717, 1.165) is 16.1 Å². The molecule has 1 aromatic carbocycles. The second kappa shape index (κ2) is 3.96. The van der Waals surface area contributed by atoms with Crippen LogP contribution in [0.25, 0.3) is 16.2 Å². The Morgan fingerprint density at radius 2 is 2.06 bits per heavy atom. The van der Waals surface area contributed by atoms with Gasteiger partial charge >= 0.3 is 5.97 Å². The number of rotatable bonds is 2. The molecule has 0 aliphatic carbocycles. The molecule has 0 unspecified atom stereocenters. The Labute approximate surface area is 107 Å². The molecule has 0 aliphatic heterocycles. The van der Waals surface area contributed by atoms with E-state index < -0.39 is 5.97 Å². The molecule has 0 saturated carbocycles. The van der Waals surface area contributed by atoms with Crippen molar-refractivity contribution in [1.82, 2.24) is 9.38 Å². The minimum absolute atomic E-state index is 0.296. The van der Waals surface area contributed by atoms with Gasteiger partial charge in [0.05, 0.1) is 5.69 Å². The van der Waals surface area contributed by atoms with Crippen LogP contribution in [0.1, 0.15) is 15.4 Å². The van der Waals surface area contributed by atoms with Crippen molar-refractivity contribution in [1.29, 1.82) is 0 Å². The molecule has 3 aromatic rings. The highest BCUT2D eigenvalue weighted by molar-refractivity contribution is 7.17. The second-order valence-electron chi connectivity index (χ2n) is 3.96. The highest BCUT2D eigenvalue weighted by Gasteiger charge is 2.17. The maximum atomic E-state index is 11.2. The second-order valence-corrected chi connectivity index (χ2v) is 5.14. The summed E-state index contributed by atoms with van der Waals surface area (Å²) in [5, 5.41) is 9.19. The van der Waals surface area contributed by atoms with Crippen molar-refractivity contribution in [2.45, 2.75) is 6.92 Å². The zero-order valence-corrected chi connectivity index (χ0v) is 10.4.